The molecule has 6 nitrogen and oxygen atoms in total. The average Bonchev–Trinajstić information content (AvgIpc) is 3.41. The molecule has 2 fully saturated rings. The predicted octanol–water partition coefficient (Wildman–Crippen LogP) is 2.51. The van der Waals surface area contributed by atoms with E-state index < -0.39 is 0 Å². The summed E-state index contributed by atoms with van der Waals surface area (Å²) in [5, 5.41) is 6.86. The van der Waals surface area contributed by atoms with Crippen molar-refractivity contribution in [2.45, 2.75) is 52.0 Å². The minimum Gasteiger partial charge on any atom is -0.357 e. The van der Waals surface area contributed by atoms with Gasteiger partial charge in [-0.25, -0.2) is 0 Å². The Morgan fingerprint density at radius 3 is 2.63 bits per heavy atom. The molecular formula is C24H39N5O. The fourth-order valence-electron chi connectivity index (χ4n) is 4.50. The maximum Gasteiger partial charge on any atom is 0.223 e. The summed E-state index contributed by atoms with van der Waals surface area (Å²) in [6.07, 6.45) is 5.32. The van der Waals surface area contributed by atoms with Gasteiger partial charge in [0, 0.05) is 44.6 Å². The van der Waals surface area contributed by atoms with Gasteiger partial charge in [0.15, 0.2) is 5.96 Å². The van der Waals surface area contributed by atoms with Crippen molar-refractivity contribution >= 4 is 11.9 Å². The van der Waals surface area contributed by atoms with Crippen LogP contribution in [0.5, 0.6) is 0 Å². The first-order valence-corrected chi connectivity index (χ1v) is 11.8. The van der Waals surface area contributed by atoms with Gasteiger partial charge >= 0.3 is 0 Å². The van der Waals surface area contributed by atoms with Crippen molar-refractivity contribution in [1.29, 1.82) is 0 Å². The number of carbonyl (C=O) groups is 1. The predicted molar refractivity (Wildman–Crippen MR) is 124 cm³/mol. The monoisotopic (exact) mass is 413 g/mol. The molecule has 6 heteroatoms. The summed E-state index contributed by atoms with van der Waals surface area (Å²) in [5.41, 5.74) is 1.29. The minimum atomic E-state index is 0.278. The zero-order chi connectivity index (χ0) is 21.2. The van der Waals surface area contributed by atoms with Gasteiger partial charge < -0.3 is 15.5 Å². The standard InChI is InChI=1S/C24H39N5O/c1-3-22(28-13-8-9-14-28)18-27-24(25-4-2)26-17-21-16-23(30)29(19-21)15-12-20-10-6-5-7-11-20/h5-7,10-11,21-22H,3-4,8-9,12-19H2,1-2H3,(H2,25,26,27). The lowest BCUT2D eigenvalue weighted by Crippen LogP contribution is -2.42. The average molecular weight is 414 g/mol. The summed E-state index contributed by atoms with van der Waals surface area (Å²) in [6, 6.07) is 10.9. The van der Waals surface area contributed by atoms with Crippen LogP contribution in [0.4, 0.5) is 0 Å². The number of nitrogens with one attached hydrogen (secondary N) is 2. The minimum absolute atomic E-state index is 0.278. The second kappa shape index (κ2) is 11.9. The topological polar surface area (TPSA) is 60.0 Å². The van der Waals surface area contributed by atoms with E-state index in [1.165, 1.54) is 31.5 Å². The molecule has 1 aromatic carbocycles. The molecule has 1 amide bonds. The van der Waals surface area contributed by atoms with Gasteiger partial charge in [0.1, 0.15) is 0 Å². The number of hydrogen-bond acceptors (Lipinski definition) is 3. The highest BCUT2D eigenvalue weighted by Gasteiger charge is 2.29. The molecule has 2 aliphatic heterocycles. The van der Waals surface area contributed by atoms with E-state index in [4.69, 9.17) is 4.99 Å². The summed E-state index contributed by atoms with van der Waals surface area (Å²) in [7, 11) is 0. The van der Waals surface area contributed by atoms with Crippen LogP contribution in [0.3, 0.4) is 0 Å². The van der Waals surface area contributed by atoms with Crippen molar-refractivity contribution in [2.75, 3.05) is 45.8 Å². The Bertz CT molecular complexity index is 671. The van der Waals surface area contributed by atoms with Crippen LogP contribution in [0.15, 0.2) is 35.3 Å². The molecule has 0 aliphatic carbocycles. The van der Waals surface area contributed by atoms with Crippen LogP contribution < -0.4 is 10.6 Å². The molecule has 1 aromatic rings. The van der Waals surface area contributed by atoms with Crippen molar-refractivity contribution < 1.29 is 4.79 Å². The van der Waals surface area contributed by atoms with E-state index in [1.54, 1.807) is 0 Å². The van der Waals surface area contributed by atoms with Crippen LogP contribution >= 0.6 is 0 Å². The summed E-state index contributed by atoms with van der Waals surface area (Å²) < 4.78 is 0. The Morgan fingerprint density at radius 2 is 1.93 bits per heavy atom. The van der Waals surface area contributed by atoms with Crippen LogP contribution in [0.2, 0.25) is 0 Å². The summed E-state index contributed by atoms with van der Waals surface area (Å²) >= 11 is 0. The number of hydrogen-bond donors (Lipinski definition) is 2. The number of aliphatic imine (C=N–C) groups is 1. The lowest BCUT2D eigenvalue weighted by atomic mass is 10.1. The van der Waals surface area contributed by atoms with E-state index >= 15 is 0 Å². The molecule has 0 aromatic heterocycles. The first-order valence-electron chi connectivity index (χ1n) is 11.8. The van der Waals surface area contributed by atoms with Crippen LogP contribution in [0.25, 0.3) is 0 Å². The quantitative estimate of drug-likeness (QED) is 0.457. The Morgan fingerprint density at radius 1 is 1.17 bits per heavy atom. The van der Waals surface area contributed by atoms with Crippen LogP contribution in [-0.2, 0) is 11.2 Å². The second-order valence-corrected chi connectivity index (χ2v) is 8.55. The number of nitrogens with zero attached hydrogens (tertiary/aromatic N) is 3. The zero-order valence-corrected chi connectivity index (χ0v) is 18.8. The molecule has 0 bridgehead atoms. The SMILES string of the molecule is CCNC(=NCC(CC)N1CCCC1)NCC1CC(=O)N(CCc2ccccc2)C1. The molecule has 2 atom stereocenters. The molecular weight excluding hydrogens is 374 g/mol. The maximum absolute atomic E-state index is 12.4. The molecule has 166 valence electrons. The largest absolute Gasteiger partial charge is 0.357 e. The van der Waals surface area contributed by atoms with Crippen molar-refractivity contribution in [3.8, 4) is 0 Å². The maximum atomic E-state index is 12.4. The summed E-state index contributed by atoms with van der Waals surface area (Å²) in [5.74, 6) is 1.50. The molecule has 2 unspecified atom stereocenters. The Kier molecular flexibility index (Phi) is 9.00. The van der Waals surface area contributed by atoms with Crippen LogP contribution in [0, 0.1) is 5.92 Å². The highest BCUT2D eigenvalue weighted by Crippen LogP contribution is 2.18. The normalized spacial score (nSPS) is 21.3. The fraction of sp³-hybridized carbons (Fsp3) is 0.667. The lowest BCUT2D eigenvalue weighted by Gasteiger charge is -2.25. The van der Waals surface area contributed by atoms with Crippen molar-refractivity contribution in [2.24, 2.45) is 10.9 Å². The van der Waals surface area contributed by atoms with Gasteiger partial charge in [-0.2, -0.15) is 0 Å². The van der Waals surface area contributed by atoms with Gasteiger partial charge in [0.25, 0.3) is 0 Å². The molecule has 30 heavy (non-hydrogen) atoms. The van der Waals surface area contributed by atoms with E-state index in [1.807, 2.05) is 11.0 Å². The first-order chi connectivity index (χ1) is 14.7. The molecule has 2 heterocycles. The number of guanidine groups is 1. The van der Waals surface area contributed by atoms with Gasteiger partial charge in [0.05, 0.1) is 6.54 Å². The number of likely N-dealkylation sites (tertiary alicyclic amines) is 2. The van der Waals surface area contributed by atoms with Gasteiger partial charge in [-0.05, 0) is 51.3 Å². The van der Waals surface area contributed by atoms with E-state index in [9.17, 15) is 4.79 Å². The smallest absolute Gasteiger partial charge is 0.223 e. The zero-order valence-electron chi connectivity index (χ0n) is 18.8. The fourth-order valence-corrected chi connectivity index (χ4v) is 4.50. The van der Waals surface area contributed by atoms with Gasteiger partial charge in [0.2, 0.25) is 5.91 Å². The van der Waals surface area contributed by atoms with E-state index in [2.05, 4.69) is 53.6 Å². The van der Waals surface area contributed by atoms with Gasteiger partial charge in [-0.3, -0.25) is 14.7 Å². The van der Waals surface area contributed by atoms with Crippen LogP contribution in [0.1, 0.15) is 45.1 Å². The van der Waals surface area contributed by atoms with Gasteiger partial charge in [-0.1, -0.05) is 37.3 Å². The first kappa shape index (κ1) is 22.6. The number of amides is 1. The molecule has 0 radical (unpaired) electrons. The highest BCUT2D eigenvalue weighted by molar-refractivity contribution is 5.81. The molecule has 2 aliphatic rings. The highest BCUT2D eigenvalue weighted by atomic mass is 16.2. The Labute approximate surface area is 182 Å². The van der Waals surface area contributed by atoms with Gasteiger partial charge in [-0.15, -0.1) is 0 Å². The summed E-state index contributed by atoms with van der Waals surface area (Å²) in [6.45, 7) is 10.9. The van der Waals surface area contributed by atoms with E-state index in [-0.39, 0.29) is 5.91 Å². The lowest BCUT2D eigenvalue weighted by molar-refractivity contribution is -0.127. The van der Waals surface area contributed by atoms with Crippen LogP contribution in [-0.4, -0.2) is 73.5 Å². The molecule has 2 N–H and O–H groups in total. The van der Waals surface area contributed by atoms with Crippen molar-refractivity contribution in [3.05, 3.63) is 35.9 Å². The van der Waals surface area contributed by atoms with Crippen molar-refractivity contribution in [1.82, 2.24) is 20.4 Å². The molecule has 3 rings (SSSR count). The van der Waals surface area contributed by atoms with E-state index in [0.717, 1.165) is 51.5 Å². The Balaban J connectivity index is 1.45. The third kappa shape index (κ3) is 6.73. The second-order valence-electron chi connectivity index (χ2n) is 8.55. The van der Waals surface area contributed by atoms with E-state index in [0.29, 0.717) is 18.4 Å². The number of benzene rings is 1. The third-order valence-electron chi connectivity index (χ3n) is 6.30. The summed E-state index contributed by atoms with van der Waals surface area (Å²) in [4.78, 5) is 21.9. The Hall–Kier alpha value is -2.08. The molecule has 0 spiro atoms. The molecule has 2 saturated heterocycles. The number of carbonyl (C=O) groups excluding carboxylic acids is 1. The molecule has 0 saturated carbocycles. The third-order valence-corrected chi connectivity index (χ3v) is 6.30. The number of rotatable bonds is 10. The van der Waals surface area contributed by atoms with Crippen molar-refractivity contribution in [3.63, 3.8) is 0 Å².